The molecule has 0 heterocycles. The van der Waals surface area contributed by atoms with Crippen molar-refractivity contribution in [3.05, 3.63) is 0 Å². The lowest BCUT2D eigenvalue weighted by Gasteiger charge is -2.03. The number of hydrogen-bond acceptors (Lipinski definition) is 3. The van der Waals surface area contributed by atoms with Gasteiger partial charge in [0, 0.05) is 19.3 Å². The summed E-state index contributed by atoms with van der Waals surface area (Å²) in [4.78, 5) is 21.8. The van der Waals surface area contributed by atoms with E-state index in [2.05, 4.69) is 0 Å². The molecule has 0 spiro atoms. The molecule has 0 unspecified atom stereocenters. The van der Waals surface area contributed by atoms with Crippen LogP contribution >= 0.6 is 0 Å². The highest BCUT2D eigenvalue weighted by molar-refractivity contribution is 5.78. The van der Waals surface area contributed by atoms with Gasteiger partial charge in [-0.15, -0.1) is 0 Å². The zero-order valence-corrected chi connectivity index (χ0v) is 14.9. The molecule has 4 heteroatoms. The first-order valence-electron chi connectivity index (χ1n) is 9.60. The third kappa shape index (κ3) is 19.1. The van der Waals surface area contributed by atoms with Crippen LogP contribution in [0.25, 0.3) is 0 Å². The number of carbonyl (C=O) groups excluding carboxylic acids is 1. The average molecular weight is 328 g/mol. The highest BCUT2D eigenvalue weighted by Crippen LogP contribution is 2.13. The van der Waals surface area contributed by atoms with E-state index in [-0.39, 0.29) is 0 Å². The zero-order valence-electron chi connectivity index (χ0n) is 14.9. The Morgan fingerprint density at radius 1 is 0.565 bits per heavy atom. The first kappa shape index (κ1) is 22.1. The van der Waals surface area contributed by atoms with Crippen LogP contribution < -0.4 is 5.73 Å². The van der Waals surface area contributed by atoms with Crippen LogP contribution in [0, 0.1) is 0 Å². The molecule has 0 atom stereocenters. The lowest BCUT2D eigenvalue weighted by molar-refractivity contribution is -0.137. The summed E-state index contributed by atoms with van der Waals surface area (Å²) >= 11 is 0. The average Bonchev–Trinajstić information content (AvgIpc) is 2.52. The van der Waals surface area contributed by atoms with Gasteiger partial charge in [0.15, 0.2) is 0 Å². The predicted octanol–water partition coefficient (Wildman–Crippen LogP) is 4.84. The number of Topliss-reactive ketones (excluding diaryl/α,β-unsaturated/α-hetero) is 1. The monoisotopic (exact) mass is 327 g/mol. The fourth-order valence-electron chi connectivity index (χ4n) is 2.79. The van der Waals surface area contributed by atoms with Crippen molar-refractivity contribution < 1.29 is 14.7 Å². The summed E-state index contributed by atoms with van der Waals surface area (Å²) in [6.45, 7) is 0.619. The van der Waals surface area contributed by atoms with Crippen molar-refractivity contribution in [2.24, 2.45) is 5.73 Å². The molecular formula is C19H37NO3. The first-order chi connectivity index (χ1) is 11.2. The van der Waals surface area contributed by atoms with Crippen LogP contribution in [0.4, 0.5) is 0 Å². The summed E-state index contributed by atoms with van der Waals surface area (Å²) in [6, 6.07) is 0. The van der Waals surface area contributed by atoms with Crippen molar-refractivity contribution in [3.8, 4) is 0 Å². The second-order valence-electron chi connectivity index (χ2n) is 6.57. The summed E-state index contributed by atoms with van der Waals surface area (Å²) in [5.41, 5.74) is 5.39. The Bertz CT molecular complexity index is 292. The summed E-state index contributed by atoms with van der Waals surface area (Å²) in [6.07, 6.45) is 16.8. The number of hydrogen-bond donors (Lipinski definition) is 2. The maximum absolute atomic E-state index is 11.5. The van der Waals surface area contributed by atoms with Gasteiger partial charge < -0.3 is 10.8 Å². The summed E-state index contributed by atoms with van der Waals surface area (Å²) in [5.74, 6) is -0.302. The molecule has 0 aliphatic heterocycles. The zero-order chi connectivity index (χ0) is 17.2. The molecule has 0 fully saturated rings. The fraction of sp³-hybridized carbons (Fsp3) is 0.895. The molecular weight excluding hydrogens is 290 g/mol. The minimum absolute atomic E-state index is 0.318. The summed E-state index contributed by atoms with van der Waals surface area (Å²) < 4.78 is 0. The minimum atomic E-state index is -0.676. The lowest BCUT2D eigenvalue weighted by Crippen LogP contribution is -2.04. The van der Waals surface area contributed by atoms with Crippen molar-refractivity contribution >= 4 is 11.8 Å². The minimum Gasteiger partial charge on any atom is -0.481 e. The van der Waals surface area contributed by atoms with E-state index in [0.717, 1.165) is 32.1 Å². The maximum Gasteiger partial charge on any atom is 0.303 e. The van der Waals surface area contributed by atoms with Crippen LogP contribution in [0.2, 0.25) is 0 Å². The molecule has 0 saturated carbocycles. The molecule has 0 saturated heterocycles. The number of nitrogens with two attached hydrogens (primary N) is 1. The van der Waals surface area contributed by atoms with E-state index in [4.69, 9.17) is 10.8 Å². The third-order valence-corrected chi connectivity index (χ3v) is 4.26. The Morgan fingerprint density at radius 3 is 1.30 bits per heavy atom. The molecule has 3 N–H and O–H groups in total. The number of rotatable bonds is 18. The van der Waals surface area contributed by atoms with Crippen molar-refractivity contribution in [2.45, 2.75) is 103 Å². The van der Waals surface area contributed by atoms with Crippen LogP contribution in [0.5, 0.6) is 0 Å². The molecule has 4 nitrogen and oxygen atoms in total. The van der Waals surface area contributed by atoms with Crippen LogP contribution in [0.15, 0.2) is 0 Å². The Kier molecular flexibility index (Phi) is 16.8. The number of ketones is 1. The molecule has 23 heavy (non-hydrogen) atoms. The standard InChI is InChI=1S/C19H37NO3/c20-17-13-15-18(21)14-11-9-7-5-3-1-2-4-6-8-10-12-16-19(22)23/h1-17,20H2,(H,22,23). The van der Waals surface area contributed by atoms with Crippen molar-refractivity contribution in [2.75, 3.05) is 6.54 Å². The molecule has 0 radical (unpaired) electrons. The van der Waals surface area contributed by atoms with Crippen LogP contribution in [-0.2, 0) is 9.59 Å². The molecule has 0 bridgehead atoms. The highest BCUT2D eigenvalue weighted by Gasteiger charge is 2.01. The fourth-order valence-corrected chi connectivity index (χ4v) is 2.79. The molecule has 0 aromatic heterocycles. The molecule has 0 aliphatic rings. The molecule has 0 aromatic rings. The number of aliphatic carboxylic acids is 1. The van der Waals surface area contributed by atoms with E-state index in [1.165, 1.54) is 57.8 Å². The highest BCUT2D eigenvalue weighted by atomic mass is 16.4. The summed E-state index contributed by atoms with van der Waals surface area (Å²) in [5, 5.41) is 8.53. The number of carboxylic acids is 1. The van der Waals surface area contributed by atoms with Gasteiger partial charge in [0.25, 0.3) is 0 Å². The number of carboxylic acid groups (broad SMARTS) is 1. The largest absolute Gasteiger partial charge is 0.481 e. The van der Waals surface area contributed by atoms with Crippen LogP contribution in [0.1, 0.15) is 103 Å². The van der Waals surface area contributed by atoms with Gasteiger partial charge in [-0.25, -0.2) is 0 Å². The molecule has 0 aliphatic carbocycles. The normalized spacial score (nSPS) is 10.8. The van der Waals surface area contributed by atoms with Gasteiger partial charge in [-0.3, -0.25) is 9.59 Å². The predicted molar refractivity (Wildman–Crippen MR) is 95.6 cm³/mol. The number of unbranched alkanes of at least 4 members (excludes halogenated alkanes) is 11. The topological polar surface area (TPSA) is 80.4 Å². The van der Waals surface area contributed by atoms with Crippen molar-refractivity contribution in [1.29, 1.82) is 0 Å². The Labute approximate surface area is 142 Å². The van der Waals surface area contributed by atoms with E-state index in [9.17, 15) is 9.59 Å². The van der Waals surface area contributed by atoms with E-state index in [1.54, 1.807) is 0 Å². The molecule has 0 rings (SSSR count). The third-order valence-electron chi connectivity index (χ3n) is 4.26. The second-order valence-corrected chi connectivity index (χ2v) is 6.57. The quantitative estimate of drug-likeness (QED) is 0.353. The van der Waals surface area contributed by atoms with Gasteiger partial charge in [-0.2, -0.15) is 0 Å². The van der Waals surface area contributed by atoms with Gasteiger partial charge in [0.1, 0.15) is 5.78 Å². The van der Waals surface area contributed by atoms with Crippen molar-refractivity contribution in [3.63, 3.8) is 0 Å². The Hall–Kier alpha value is -0.900. The smallest absolute Gasteiger partial charge is 0.303 e. The summed E-state index contributed by atoms with van der Waals surface area (Å²) in [7, 11) is 0. The van der Waals surface area contributed by atoms with Crippen LogP contribution in [-0.4, -0.2) is 23.4 Å². The van der Waals surface area contributed by atoms with Crippen molar-refractivity contribution in [1.82, 2.24) is 0 Å². The van der Waals surface area contributed by atoms with E-state index >= 15 is 0 Å². The first-order valence-corrected chi connectivity index (χ1v) is 9.60. The van der Waals surface area contributed by atoms with E-state index in [0.29, 0.717) is 25.2 Å². The second kappa shape index (κ2) is 17.5. The van der Waals surface area contributed by atoms with Gasteiger partial charge >= 0.3 is 5.97 Å². The Morgan fingerprint density at radius 2 is 0.913 bits per heavy atom. The molecule has 0 amide bonds. The molecule has 0 aromatic carbocycles. The van der Waals surface area contributed by atoms with Crippen LogP contribution in [0.3, 0.4) is 0 Å². The lowest BCUT2D eigenvalue weighted by atomic mass is 10.0. The van der Waals surface area contributed by atoms with Gasteiger partial charge in [-0.05, 0) is 25.8 Å². The molecule has 136 valence electrons. The SMILES string of the molecule is NCCCC(=O)CCCCCCCCCCCCCCC(=O)O. The van der Waals surface area contributed by atoms with Gasteiger partial charge in [0.05, 0.1) is 0 Å². The number of carbonyl (C=O) groups is 2. The Balaban J connectivity index is 3.08. The van der Waals surface area contributed by atoms with E-state index in [1.807, 2.05) is 0 Å². The maximum atomic E-state index is 11.5. The van der Waals surface area contributed by atoms with Gasteiger partial charge in [0.2, 0.25) is 0 Å². The van der Waals surface area contributed by atoms with E-state index < -0.39 is 5.97 Å². The van der Waals surface area contributed by atoms with Gasteiger partial charge in [-0.1, -0.05) is 64.2 Å².